The monoisotopic (exact) mass is 262 g/mol. The quantitative estimate of drug-likeness (QED) is 0.805. The molecule has 0 atom stereocenters. The molecule has 0 aromatic heterocycles. The Hall–Kier alpha value is -0.680. The predicted molar refractivity (Wildman–Crippen MR) is 54.9 cm³/mol. The molecule has 0 saturated carbocycles. The van der Waals surface area contributed by atoms with Crippen LogP contribution in [-0.4, -0.2) is 18.2 Å². The van der Waals surface area contributed by atoms with E-state index in [1.807, 2.05) is 0 Å². The average Bonchev–Trinajstić information content (AvgIpc) is 2.08. The van der Waals surface area contributed by atoms with Gasteiger partial charge in [0.15, 0.2) is 0 Å². The normalized spacial score (nSPS) is 9.77. The first-order valence-electron chi connectivity index (χ1n) is 3.36. The first kappa shape index (κ1) is 10.4. The van der Waals surface area contributed by atoms with Crippen LogP contribution in [0.1, 0.15) is 10.4 Å². The molecule has 0 aliphatic heterocycles. The van der Waals surface area contributed by atoms with Gasteiger partial charge in [0.2, 0.25) is 0 Å². The molecule has 5 heteroatoms. The molecule has 13 heavy (non-hydrogen) atoms. The Morgan fingerprint density at radius 1 is 1.62 bits per heavy atom. The molecule has 1 rings (SSSR count). The second-order valence-corrected chi connectivity index (χ2v) is 3.67. The standard InChI is InChI=1S/C8H7BrO3S/c1-12-6-3-4(9)2-5(7(6)13)8(10)11/h2-3,13H,1H3,(H,10,11). The summed E-state index contributed by atoms with van der Waals surface area (Å²) in [5, 5.41) is 8.78. The zero-order valence-electron chi connectivity index (χ0n) is 6.74. The lowest BCUT2D eigenvalue weighted by atomic mass is 10.2. The molecule has 0 aliphatic rings. The summed E-state index contributed by atoms with van der Waals surface area (Å²) >= 11 is 7.23. The van der Waals surface area contributed by atoms with E-state index in [-0.39, 0.29) is 5.56 Å². The Balaban J connectivity index is 3.35. The van der Waals surface area contributed by atoms with Crippen LogP contribution in [0.25, 0.3) is 0 Å². The van der Waals surface area contributed by atoms with Gasteiger partial charge in [-0.25, -0.2) is 4.79 Å². The van der Waals surface area contributed by atoms with E-state index in [0.717, 1.165) is 0 Å². The van der Waals surface area contributed by atoms with Crippen molar-refractivity contribution in [1.82, 2.24) is 0 Å². The first-order chi connectivity index (χ1) is 6.06. The zero-order chi connectivity index (χ0) is 10.0. The van der Waals surface area contributed by atoms with Gasteiger partial charge in [0.05, 0.1) is 17.6 Å². The Kier molecular flexibility index (Phi) is 3.22. The highest BCUT2D eigenvalue weighted by Crippen LogP contribution is 2.30. The second-order valence-electron chi connectivity index (χ2n) is 2.31. The summed E-state index contributed by atoms with van der Waals surface area (Å²) in [6.07, 6.45) is 0. The molecule has 0 bridgehead atoms. The molecular formula is C8H7BrO3S. The Bertz CT molecular complexity index is 351. The van der Waals surface area contributed by atoms with Crippen LogP contribution in [0.15, 0.2) is 21.5 Å². The maximum atomic E-state index is 10.7. The van der Waals surface area contributed by atoms with Crippen LogP contribution in [0.3, 0.4) is 0 Å². The van der Waals surface area contributed by atoms with Crippen molar-refractivity contribution in [2.45, 2.75) is 4.90 Å². The van der Waals surface area contributed by atoms with Gasteiger partial charge in [0.1, 0.15) is 5.75 Å². The Morgan fingerprint density at radius 3 is 2.69 bits per heavy atom. The van der Waals surface area contributed by atoms with Crippen molar-refractivity contribution in [2.75, 3.05) is 7.11 Å². The summed E-state index contributed by atoms with van der Waals surface area (Å²) in [6.45, 7) is 0. The first-order valence-corrected chi connectivity index (χ1v) is 4.60. The fourth-order valence-corrected chi connectivity index (χ4v) is 1.65. The molecule has 70 valence electrons. The molecule has 0 unspecified atom stereocenters. The largest absolute Gasteiger partial charge is 0.496 e. The maximum absolute atomic E-state index is 10.7. The van der Waals surface area contributed by atoms with Gasteiger partial charge in [-0.1, -0.05) is 15.9 Å². The van der Waals surface area contributed by atoms with Crippen LogP contribution < -0.4 is 4.74 Å². The highest BCUT2D eigenvalue weighted by Gasteiger charge is 2.12. The molecule has 0 heterocycles. The smallest absolute Gasteiger partial charge is 0.337 e. The maximum Gasteiger partial charge on any atom is 0.337 e. The van der Waals surface area contributed by atoms with E-state index >= 15 is 0 Å². The Morgan fingerprint density at radius 2 is 2.23 bits per heavy atom. The summed E-state index contributed by atoms with van der Waals surface area (Å²) in [5.41, 5.74) is 0.120. The lowest BCUT2D eigenvalue weighted by Crippen LogP contribution is -1.99. The van der Waals surface area contributed by atoms with Gasteiger partial charge in [-0.15, -0.1) is 12.6 Å². The minimum absolute atomic E-state index is 0.120. The van der Waals surface area contributed by atoms with Crippen molar-refractivity contribution in [3.05, 3.63) is 22.2 Å². The molecule has 1 aromatic carbocycles. The van der Waals surface area contributed by atoms with Crippen LogP contribution in [0.4, 0.5) is 0 Å². The number of hydrogen-bond acceptors (Lipinski definition) is 3. The fourth-order valence-electron chi connectivity index (χ4n) is 0.893. The van der Waals surface area contributed by atoms with Gasteiger partial charge < -0.3 is 9.84 Å². The number of methoxy groups -OCH3 is 1. The molecule has 0 saturated heterocycles. The number of carboxylic acids is 1. The van der Waals surface area contributed by atoms with Gasteiger partial charge in [-0.05, 0) is 12.1 Å². The summed E-state index contributed by atoms with van der Waals surface area (Å²) in [5.74, 6) is -0.584. The number of halogens is 1. The van der Waals surface area contributed by atoms with Gasteiger partial charge in [0.25, 0.3) is 0 Å². The number of aromatic carboxylic acids is 1. The molecule has 0 radical (unpaired) electrons. The lowest BCUT2D eigenvalue weighted by Gasteiger charge is -2.07. The van der Waals surface area contributed by atoms with E-state index in [4.69, 9.17) is 9.84 Å². The van der Waals surface area contributed by atoms with E-state index in [1.54, 1.807) is 6.07 Å². The molecule has 3 nitrogen and oxygen atoms in total. The average molecular weight is 263 g/mol. The minimum atomic E-state index is -1.02. The minimum Gasteiger partial charge on any atom is -0.496 e. The second kappa shape index (κ2) is 4.02. The molecular weight excluding hydrogens is 256 g/mol. The van der Waals surface area contributed by atoms with E-state index in [1.165, 1.54) is 13.2 Å². The molecule has 0 amide bonds. The molecule has 1 N–H and O–H groups in total. The van der Waals surface area contributed by atoms with Crippen molar-refractivity contribution in [3.8, 4) is 5.75 Å². The van der Waals surface area contributed by atoms with Gasteiger partial charge in [0, 0.05) is 4.47 Å². The third kappa shape index (κ3) is 2.16. The summed E-state index contributed by atoms with van der Waals surface area (Å²) < 4.78 is 5.60. The number of benzene rings is 1. The number of carboxylic acid groups (broad SMARTS) is 1. The van der Waals surface area contributed by atoms with Crippen molar-refractivity contribution >= 4 is 34.5 Å². The fraction of sp³-hybridized carbons (Fsp3) is 0.125. The lowest BCUT2D eigenvalue weighted by molar-refractivity contribution is 0.0692. The van der Waals surface area contributed by atoms with Crippen molar-refractivity contribution in [3.63, 3.8) is 0 Å². The van der Waals surface area contributed by atoms with Gasteiger partial charge in [-0.3, -0.25) is 0 Å². The summed E-state index contributed by atoms with van der Waals surface area (Å²) in [4.78, 5) is 11.0. The van der Waals surface area contributed by atoms with Crippen LogP contribution in [0, 0.1) is 0 Å². The van der Waals surface area contributed by atoms with E-state index in [0.29, 0.717) is 15.1 Å². The molecule has 0 fully saturated rings. The van der Waals surface area contributed by atoms with Crippen molar-refractivity contribution in [2.24, 2.45) is 0 Å². The van der Waals surface area contributed by atoms with Gasteiger partial charge in [-0.2, -0.15) is 0 Å². The van der Waals surface area contributed by atoms with Gasteiger partial charge >= 0.3 is 5.97 Å². The van der Waals surface area contributed by atoms with E-state index in [9.17, 15) is 4.79 Å². The number of carbonyl (C=O) groups is 1. The number of rotatable bonds is 2. The third-order valence-corrected chi connectivity index (χ3v) is 2.41. The van der Waals surface area contributed by atoms with Crippen LogP contribution in [0.2, 0.25) is 0 Å². The Labute approximate surface area is 89.3 Å². The van der Waals surface area contributed by atoms with Crippen molar-refractivity contribution < 1.29 is 14.6 Å². The van der Waals surface area contributed by atoms with Crippen LogP contribution >= 0.6 is 28.6 Å². The van der Waals surface area contributed by atoms with E-state index < -0.39 is 5.97 Å². The molecule has 0 spiro atoms. The van der Waals surface area contributed by atoms with Crippen molar-refractivity contribution in [1.29, 1.82) is 0 Å². The highest BCUT2D eigenvalue weighted by atomic mass is 79.9. The summed E-state index contributed by atoms with van der Waals surface area (Å²) in [7, 11) is 1.47. The SMILES string of the molecule is COc1cc(Br)cc(C(=O)O)c1S. The molecule has 1 aromatic rings. The highest BCUT2D eigenvalue weighted by molar-refractivity contribution is 9.10. The number of hydrogen-bond donors (Lipinski definition) is 2. The van der Waals surface area contributed by atoms with E-state index in [2.05, 4.69) is 28.6 Å². The predicted octanol–water partition coefficient (Wildman–Crippen LogP) is 2.44. The number of thiol groups is 1. The number of ether oxygens (including phenoxy) is 1. The zero-order valence-corrected chi connectivity index (χ0v) is 9.22. The third-order valence-electron chi connectivity index (χ3n) is 1.49. The van der Waals surface area contributed by atoms with Crippen LogP contribution in [-0.2, 0) is 0 Å². The van der Waals surface area contributed by atoms with Crippen LogP contribution in [0.5, 0.6) is 5.75 Å². The topological polar surface area (TPSA) is 46.5 Å². The summed E-state index contributed by atoms with van der Waals surface area (Å²) in [6, 6.07) is 3.14. The molecule has 0 aliphatic carbocycles.